The van der Waals surface area contributed by atoms with Crippen molar-refractivity contribution in [3.63, 3.8) is 0 Å². The largest absolute Gasteiger partial charge is 0.462 e. The monoisotopic (exact) mass is 372 g/mol. The summed E-state index contributed by atoms with van der Waals surface area (Å²) >= 11 is 0. The second-order valence-electron chi connectivity index (χ2n) is 4.89. The summed E-state index contributed by atoms with van der Waals surface area (Å²) in [4.78, 5) is 11.1. The Morgan fingerprint density at radius 2 is 1.38 bits per heavy atom. The third-order valence-electron chi connectivity index (χ3n) is 3.14. The molecule has 0 fully saturated rings. The summed E-state index contributed by atoms with van der Waals surface area (Å²) < 4.78 is 110. The molecule has 3 nitrogen and oxygen atoms in total. The molecular formula is C13H16F8O3. The number of allylic oxidation sites excluding steroid dienone is 1. The van der Waals surface area contributed by atoms with Crippen LogP contribution in [0.2, 0.25) is 0 Å². The lowest BCUT2D eigenvalue weighted by Gasteiger charge is -2.36. The zero-order chi connectivity index (χ0) is 19.4. The van der Waals surface area contributed by atoms with Crippen LogP contribution in [0.15, 0.2) is 11.6 Å². The summed E-state index contributed by atoms with van der Waals surface area (Å²) in [6.45, 7) is -0.374. The molecule has 0 aliphatic rings. The van der Waals surface area contributed by atoms with Gasteiger partial charge in [0.2, 0.25) is 0 Å². The summed E-state index contributed by atoms with van der Waals surface area (Å²) in [6, 6.07) is 0. The van der Waals surface area contributed by atoms with E-state index in [1.807, 2.05) is 0 Å². The van der Waals surface area contributed by atoms with Crippen LogP contribution in [0.25, 0.3) is 0 Å². The van der Waals surface area contributed by atoms with Crippen LogP contribution >= 0.6 is 0 Å². The van der Waals surface area contributed by atoms with E-state index in [0.717, 1.165) is 0 Å². The Hall–Kier alpha value is -1.39. The molecule has 0 radical (unpaired) electrons. The van der Waals surface area contributed by atoms with Crippen molar-refractivity contribution in [2.75, 3.05) is 13.2 Å². The van der Waals surface area contributed by atoms with E-state index in [0.29, 0.717) is 0 Å². The van der Waals surface area contributed by atoms with E-state index >= 15 is 0 Å². The quantitative estimate of drug-likeness (QED) is 0.380. The molecule has 0 rings (SSSR count). The second-order valence-corrected chi connectivity index (χ2v) is 4.89. The van der Waals surface area contributed by atoms with Gasteiger partial charge in [-0.25, -0.2) is 4.79 Å². The van der Waals surface area contributed by atoms with E-state index < -0.39 is 55.7 Å². The molecule has 0 aliphatic carbocycles. The Morgan fingerprint density at radius 3 is 1.75 bits per heavy atom. The van der Waals surface area contributed by atoms with Crippen molar-refractivity contribution in [2.24, 2.45) is 0 Å². The van der Waals surface area contributed by atoms with Gasteiger partial charge in [0.05, 0.1) is 13.0 Å². The second kappa shape index (κ2) is 7.66. The average molecular weight is 372 g/mol. The van der Waals surface area contributed by atoms with Crippen LogP contribution in [-0.4, -0.2) is 48.0 Å². The average Bonchev–Trinajstić information content (AvgIpc) is 2.45. The molecular weight excluding hydrogens is 356 g/mol. The van der Waals surface area contributed by atoms with Crippen LogP contribution in [0.5, 0.6) is 0 Å². The minimum absolute atomic E-state index is 0.0510. The number of esters is 1. The molecule has 0 atom stereocenters. The van der Waals surface area contributed by atoms with Crippen LogP contribution in [0.3, 0.4) is 0 Å². The molecule has 0 unspecified atom stereocenters. The van der Waals surface area contributed by atoms with Gasteiger partial charge in [0.15, 0.2) is 0 Å². The minimum Gasteiger partial charge on any atom is -0.462 e. The Labute approximate surface area is 132 Å². The van der Waals surface area contributed by atoms with Crippen molar-refractivity contribution in [1.82, 2.24) is 0 Å². The van der Waals surface area contributed by atoms with Gasteiger partial charge in [0.25, 0.3) is 0 Å². The molecule has 0 aromatic heterocycles. The molecule has 11 heteroatoms. The fourth-order valence-corrected chi connectivity index (χ4v) is 1.42. The zero-order valence-corrected chi connectivity index (χ0v) is 12.7. The van der Waals surface area contributed by atoms with Gasteiger partial charge in [-0.15, -0.1) is 0 Å². The topological polar surface area (TPSA) is 46.5 Å². The molecule has 1 N–H and O–H groups in total. The molecule has 142 valence electrons. The van der Waals surface area contributed by atoms with Gasteiger partial charge in [-0.3, -0.25) is 0 Å². The zero-order valence-electron chi connectivity index (χ0n) is 12.7. The predicted octanol–water partition coefficient (Wildman–Crippen LogP) is 3.81. The van der Waals surface area contributed by atoms with E-state index in [9.17, 15) is 39.9 Å². The number of hydrogen-bond donors (Lipinski definition) is 1. The Bertz CT molecular complexity index is 474. The summed E-state index contributed by atoms with van der Waals surface area (Å²) in [6.07, 6.45) is -2.99. The van der Waals surface area contributed by atoms with E-state index in [1.165, 1.54) is 19.9 Å². The number of hydrogen-bond acceptors (Lipinski definition) is 3. The van der Waals surface area contributed by atoms with E-state index in [-0.39, 0.29) is 5.57 Å². The molecule has 24 heavy (non-hydrogen) atoms. The first-order valence-corrected chi connectivity index (χ1v) is 6.60. The van der Waals surface area contributed by atoms with Crippen molar-refractivity contribution < 1.29 is 49.8 Å². The number of ether oxygens (including phenoxy) is 1. The van der Waals surface area contributed by atoms with E-state index in [4.69, 9.17) is 5.11 Å². The SMILES string of the molecule is CC=C(C)C(=O)OCCC(F)(F)C(F)(F)C(F)(F)C(F)(F)CCO. The maximum absolute atomic E-state index is 13.4. The highest BCUT2D eigenvalue weighted by Gasteiger charge is 2.79. The van der Waals surface area contributed by atoms with E-state index in [2.05, 4.69) is 4.74 Å². The lowest BCUT2D eigenvalue weighted by Crippen LogP contribution is -2.62. The lowest BCUT2D eigenvalue weighted by molar-refractivity contribution is -0.369. The molecule has 0 bridgehead atoms. The Morgan fingerprint density at radius 1 is 0.958 bits per heavy atom. The number of alkyl halides is 8. The Kier molecular flexibility index (Phi) is 7.22. The lowest BCUT2D eigenvalue weighted by atomic mass is 9.95. The van der Waals surface area contributed by atoms with Crippen molar-refractivity contribution in [2.45, 2.75) is 50.4 Å². The summed E-state index contributed by atoms with van der Waals surface area (Å²) in [5.74, 6) is -25.1. The molecule has 0 aliphatic heterocycles. The van der Waals surface area contributed by atoms with Gasteiger partial charge >= 0.3 is 29.7 Å². The first-order valence-electron chi connectivity index (χ1n) is 6.60. The van der Waals surface area contributed by atoms with Gasteiger partial charge in [0.1, 0.15) is 0 Å². The smallest absolute Gasteiger partial charge is 0.378 e. The molecule has 0 saturated heterocycles. The van der Waals surface area contributed by atoms with Gasteiger partial charge in [-0.1, -0.05) is 6.08 Å². The maximum Gasteiger partial charge on any atom is 0.378 e. The van der Waals surface area contributed by atoms with Gasteiger partial charge < -0.3 is 9.84 Å². The normalized spacial score (nSPS) is 14.7. The van der Waals surface area contributed by atoms with Crippen LogP contribution in [-0.2, 0) is 9.53 Å². The number of aliphatic hydroxyl groups is 1. The minimum atomic E-state index is -6.43. The number of carbonyl (C=O) groups excluding carboxylic acids is 1. The summed E-state index contributed by atoms with van der Waals surface area (Å²) in [5.41, 5.74) is -0.0510. The van der Waals surface area contributed by atoms with Gasteiger partial charge in [-0.05, 0) is 13.8 Å². The van der Waals surface area contributed by atoms with Gasteiger partial charge in [-0.2, -0.15) is 35.1 Å². The Balaban J connectivity index is 5.20. The molecule has 0 heterocycles. The highest BCUT2D eigenvalue weighted by Crippen LogP contribution is 2.54. The summed E-state index contributed by atoms with van der Waals surface area (Å²) in [5, 5.41) is 8.20. The van der Waals surface area contributed by atoms with Gasteiger partial charge in [0, 0.05) is 18.6 Å². The summed E-state index contributed by atoms with van der Waals surface area (Å²) in [7, 11) is 0. The highest BCUT2D eigenvalue weighted by atomic mass is 19.4. The number of aliphatic hydroxyl groups excluding tert-OH is 1. The first kappa shape index (κ1) is 22.6. The molecule has 0 spiro atoms. The standard InChI is InChI=1S/C13H16F8O3/c1-3-8(2)9(23)24-7-5-11(16,17)13(20,21)12(18,19)10(14,15)4-6-22/h3,22H,4-7H2,1-2H3. The van der Waals surface area contributed by atoms with Crippen LogP contribution in [0.1, 0.15) is 26.7 Å². The fourth-order valence-electron chi connectivity index (χ4n) is 1.42. The molecule has 0 saturated carbocycles. The maximum atomic E-state index is 13.4. The van der Waals surface area contributed by atoms with Crippen LogP contribution in [0, 0.1) is 0 Å². The predicted molar refractivity (Wildman–Crippen MR) is 66.5 cm³/mol. The van der Waals surface area contributed by atoms with Crippen molar-refractivity contribution >= 4 is 5.97 Å². The number of carbonyl (C=O) groups is 1. The first-order chi connectivity index (χ1) is 10.7. The molecule has 0 amide bonds. The third kappa shape index (κ3) is 4.37. The van der Waals surface area contributed by atoms with E-state index in [1.54, 1.807) is 0 Å². The number of rotatable bonds is 9. The van der Waals surface area contributed by atoms with Crippen LogP contribution < -0.4 is 0 Å². The molecule has 0 aromatic carbocycles. The third-order valence-corrected chi connectivity index (χ3v) is 3.14. The highest BCUT2D eigenvalue weighted by molar-refractivity contribution is 5.87. The van der Waals surface area contributed by atoms with Crippen molar-refractivity contribution in [3.05, 3.63) is 11.6 Å². The van der Waals surface area contributed by atoms with Crippen molar-refractivity contribution in [3.8, 4) is 0 Å². The molecule has 0 aromatic rings. The van der Waals surface area contributed by atoms with Crippen molar-refractivity contribution in [1.29, 1.82) is 0 Å². The van der Waals surface area contributed by atoms with Crippen LogP contribution in [0.4, 0.5) is 35.1 Å². The fraction of sp³-hybridized carbons (Fsp3) is 0.769. The number of halogens is 8.